The van der Waals surface area contributed by atoms with E-state index in [9.17, 15) is 4.79 Å². The third kappa shape index (κ3) is 3.42. The fourth-order valence-corrected chi connectivity index (χ4v) is 3.47. The molecule has 4 heteroatoms. The summed E-state index contributed by atoms with van der Waals surface area (Å²) in [6.07, 6.45) is 3.45. The van der Waals surface area contributed by atoms with E-state index in [4.69, 9.17) is 5.73 Å². The van der Waals surface area contributed by atoms with Gasteiger partial charge in [0.1, 0.15) is 0 Å². The molecule has 3 nitrogen and oxygen atoms in total. The number of hydrogen-bond acceptors (Lipinski definition) is 3. The zero-order chi connectivity index (χ0) is 13.0. The molecule has 1 aromatic carbocycles. The Morgan fingerprint density at radius 2 is 2.11 bits per heavy atom. The van der Waals surface area contributed by atoms with Crippen LogP contribution in [0.2, 0.25) is 0 Å². The van der Waals surface area contributed by atoms with Crippen molar-refractivity contribution in [3.05, 3.63) is 29.8 Å². The summed E-state index contributed by atoms with van der Waals surface area (Å²) in [6, 6.07) is 7.71. The Labute approximate surface area is 113 Å². The third-order valence-electron chi connectivity index (χ3n) is 3.23. The lowest BCUT2D eigenvalue weighted by molar-refractivity contribution is -0.130. The van der Waals surface area contributed by atoms with Gasteiger partial charge in [-0.2, -0.15) is 0 Å². The predicted octanol–water partition coefficient (Wildman–Crippen LogP) is 2.51. The van der Waals surface area contributed by atoms with Crippen LogP contribution in [0.3, 0.4) is 0 Å². The summed E-state index contributed by atoms with van der Waals surface area (Å²) in [5, 5.41) is 0.164. The molecule has 1 aromatic rings. The van der Waals surface area contributed by atoms with Crippen LogP contribution in [-0.4, -0.2) is 28.9 Å². The highest BCUT2D eigenvalue weighted by Crippen LogP contribution is 2.26. The second kappa shape index (κ2) is 6.14. The normalized spacial score (nSPS) is 19.5. The summed E-state index contributed by atoms with van der Waals surface area (Å²) >= 11 is 1.80. The molecule has 0 radical (unpaired) electrons. The van der Waals surface area contributed by atoms with Crippen LogP contribution in [0.1, 0.15) is 24.8 Å². The number of rotatable bonds is 3. The topological polar surface area (TPSA) is 46.3 Å². The van der Waals surface area contributed by atoms with E-state index in [1.165, 1.54) is 12.8 Å². The number of benzene rings is 1. The van der Waals surface area contributed by atoms with Gasteiger partial charge in [0.25, 0.3) is 0 Å². The molecule has 18 heavy (non-hydrogen) atoms. The van der Waals surface area contributed by atoms with Crippen molar-refractivity contribution in [3.63, 3.8) is 0 Å². The molecule has 0 spiro atoms. The monoisotopic (exact) mass is 264 g/mol. The number of hydrogen-bond donors (Lipinski definition) is 1. The van der Waals surface area contributed by atoms with Crippen molar-refractivity contribution in [1.29, 1.82) is 0 Å². The zero-order valence-corrected chi connectivity index (χ0v) is 11.6. The van der Waals surface area contributed by atoms with Crippen molar-refractivity contribution in [2.75, 3.05) is 18.5 Å². The van der Waals surface area contributed by atoms with Crippen LogP contribution in [0.5, 0.6) is 0 Å². The minimum atomic E-state index is 0.164. The average Bonchev–Trinajstić information content (AvgIpc) is 2.41. The van der Waals surface area contributed by atoms with Crippen molar-refractivity contribution in [2.45, 2.75) is 31.1 Å². The molecule has 0 aromatic heterocycles. The Morgan fingerprint density at radius 3 is 2.72 bits per heavy atom. The van der Waals surface area contributed by atoms with E-state index < -0.39 is 0 Å². The SMILES string of the molecule is CN(Cc1ccc(N)cc1)C(=O)C1CCCCS1. The largest absolute Gasteiger partial charge is 0.399 e. The molecule has 98 valence electrons. The van der Waals surface area contributed by atoms with Gasteiger partial charge in [0.2, 0.25) is 5.91 Å². The van der Waals surface area contributed by atoms with E-state index >= 15 is 0 Å². The molecule has 2 rings (SSSR count). The molecule has 1 heterocycles. The Balaban J connectivity index is 1.92. The van der Waals surface area contributed by atoms with E-state index in [1.807, 2.05) is 36.2 Å². The molecular formula is C14H20N2OS. The minimum Gasteiger partial charge on any atom is -0.399 e. The molecular weight excluding hydrogens is 244 g/mol. The number of nitrogen functional groups attached to an aromatic ring is 1. The predicted molar refractivity (Wildman–Crippen MR) is 77.4 cm³/mol. The van der Waals surface area contributed by atoms with Gasteiger partial charge in [-0.15, -0.1) is 11.8 Å². The minimum absolute atomic E-state index is 0.164. The number of carbonyl (C=O) groups excluding carboxylic acids is 1. The van der Waals surface area contributed by atoms with Crippen LogP contribution < -0.4 is 5.73 Å². The summed E-state index contributed by atoms with van der Waals surface area (Å²) in [5.74, 6) is 1.38. The number of anilines is 1. The van der Waals surface area contributed by atoms with Crippen LogP contribution in [0.15, 0.2) is 24.3 Å². The lowest BCUT2D eigenvalue weighted by Crippen LogP contribution is -2.35. The summed E-state index contributed by atoms with van der Waals surface area (Å²) in [4.78, 5) is 14.1. The Hall–Kier alpha value is -1.16. The lowest BCUT2D eigenvalue weighted by Gasteiger charge is -2.26. The quantitative estimate of drug-likeness (QED) is 0.853. The van der Waals surface area contributed by atoms with Gasteiger partial charge >= 0.3 is 0 Å². The fourth-order valence-electron chi connectivity index (χ4n) is 2.16. The first kappa shape index (κ1) is 13.3. The van der Waals surface area contributed by atoms with Gasteiger partial charge in [-0.05, 0) is 36.3 Å². The first-order valence-corrected chi connectivity index (χ1v) is 7.42. The van der Waals surface area contributed by atoms with Gasteiger partial charge < -0.3 is 10.6 Å². The van der Waals surface area contributed by atoms with Crippen molar-refractivity contribution in [2.24, 2.45) is 0 Å². The van der Waals surface area contributed by atoms with Gasteiger partial charge in [-0.25, -0.2) is 0 Å². The van der Waals surface area contributed by atoms with Gasteiger partial charge in [0.05, 0.1) is 5.25 Å². The maximum Gasteiger partial charge on any atom is 0.235 e. The van der Waals surface area contributed by atoms with E-state index in [0.29, 0.717) is 6.54 Å². The van der Waals surface area contributed by atoms with Gasteiger partial charge in [0, 0.05) is 19.3 Å². The number of carbonyl (C=O) groups is 1. The smallest absolute Gasteiger partial charge is 0.235 e. The molecule has 1 amide bonds. The van der Waals surface area contributed by atoms with E-state index in [2.05, 4.69) is 0 Å². The Bertz CT molecular complexity index is 399. The molecule has 1 unspecified atom stereocenters. The van der Waals surface area contributed by atoms with Crippen molar-refractivity contribution in [1.82, 2.24) is 4.90 Å². The summed E-state index contributed by atoms with van der Waals surface area (Å²) in [7, 11) is 1.88. The van der Waals surface area contributed by atoms with Crippen LogP contribution in [0, 0.1) is 0 Å². The molecule has 1 saturated heterocycles. The van der Waals surface area contributed by atoms with Crippen molar-refractivity contribution in [3.8, 4) is 0 Å². The Kier molecular flexibility index (Phi) is 4.53. The highest BCUT2D eigenvalue weighted by molar-refractivity contribution is 8.00. The van der Waals surface area contributed by atoms with E-state index in [1.54, 1.807) is 11.8 Å². The van der Waals surface area contributed by atoms with Gasteiger partial charge in [-0.1, -0.05) is 18.6 Å². The summed E-state index contributed by atoms with van der Waals surface area (Å²) in [6.45, 7) is 0.663. The average molecular weight is 264 g/mol. The highest BCUT2D eigenvalue weighted by Gasteiger charge is 2.24. The molecule has 2 N–H and O–H groups in total. The van der Waals surface area contributed by atoms with Crippen molar-refractivity contribution >= 4 is 23.4 Å². The van der Waals surface area contributed by atoms with E-state index in [-0.39, 0.29) is 11.2 Å². The van der Waals surface area contributed by atoms with Gasteiger partial charge in [0.15, 0.2) is 0 Å². The first-order chi connectivity index (χ1) is 8.66. The van der Waals surface area contributed by atoms with Crippen molar-refractivity contribution < 1.29 is 4.79 Å². The third-order valence-corrected chi connectivity index (χ3v) is 4.59. The molecule has 1 atom stereocenters. The summed E-state index contributed by atoms with van der Waals surface area (Å²) < 4.78 is 0. The maximum atomic E-state index is 12.2. The maximum absolute atomic E-state index is 12.2. The standard InChI is InChI=1S/C14H20N2OS/c1-16(10-11-5-7-12(15)8-6-11)14(17)13-4-2-3-9-18-13/h5-8,13H,2-4,9-10,15H2,1H3. The first-order valence-electron chi connectivity index (χ1n) is 6.38. The molecule has 1 aliphatic heterocycles. The molecule has 0 aliphatic carbocycles. The zero-order valence-electron chi connectivity index (χ0n) is 10.8. The van der Waals surface area contributed by atoms with Gasteiger partial charge in [-0.3, -0.25) is 4.79 Å². The van der Waals surface area contributed by atoms with Crippen LogP contribution in [0.25, 0.3) is 0 Å². The fraction of sp³-hybridized carbons (Fsp3) is 0.500. The van der Waals surface area contributed by atoms with Crippen LogP contribution >= 0.6 is 11.8 Å². The van der Waals surface area contributed by atoms with Crippen LogP contribution in [-0.2, 0) is 11.3 Å². The Morgan fingerprint density at radius 1 is 1.39 bits per heavy atom. The number of thioether (sulfide) groups is 1. The summed E-state index contributed by atoms with van der Waals surface area (Å²) in [5.41, 5.74) is 7.54. The number of nitrogens with two attached hydrogens (primary N) is 1. The van der Waals surface area contributed by atoms with E-state index in [0.717, 1.165) is 23.4 Å². The number of nitrogens with zero attached hydrogens (tertiary/aromatic N) is 1. The molecule has 0 bridgehead atoms. The second-order valence-electron chi connectivity index (χ2n) is 4.79. The molecule has 0 saturated carbocycles. The highest BCUT2D eigenvalue weighted by atomic mass is 32.2. The molecule has 1 fully saturated rings. The number of amides is 1. The lowest BCUT2D eigenvalue weighted by atomic mass is 10.1. The van der Waals surface area contributed by atoms with Crippen LogP contribution in [0.4, 0.5) is 5.69 Å². The second-order valence-corrected chi connectivity index (χ2v) is 6.10. The molecule has 1 aliphatic rings.